The van der Waals surface area contributed by atoms with Crippen molar-refractivity contribution in [1.82, 2.24) is 4.98 Å². The second-order valence-electron chi connectivity index (χ2n) is 6.07. The third kappa shape index (κ3) is 4.34. The number of hydrogen-bond acceptors (Lipinski definition) is 6. The summed E-state index contributed by atoms with van der Waals surface area (Å²) in [6, 6.07) is 0.980. The largest absolute Gasteiger partial charge is 0.459 e. The van der Waals surface area contributed by atoms with Crippen LogP contribution >= 0.6 is 22.9 Å². The lowest BCUT2D eigenvalue weighted by molar-refractivity contribution is -0.154. The van der Waals surface area contributed by atoms with Crippen molar-refractivity contribution in [1.29, 1.82) is 0 Å². The summed E-state index contributed by atoms with van der Waals surface area (Å²) in [7, 11) is -4.62. The van der Waals surface area contributed by atoms with Crippen LogP contribution in [-0.4, -0.2) is 25.0 Å². The van der Waals surface area contributed by atoms with Gasteiger partial charge in [-0.15, -0.1) is 11.3 Å². The molecule has 2 aromatic rings. The molecule has 136 valence electrons. The van der Waals surface area contributed by atoms with Gasteiger partial charge in [0.1, 0.15) is 22.1 Å². The summed E-state index contributed by atoms with van der Waals surface area (Å²) in [4.78, 5) is 15.4. The lowest BCUT2D eigenvalue weighted by atomic mass is 10.2. The molecular formula is C15H14ClF2NO4S2. The molecule has 0 saturated heterocycles. The molecule has 1 atom stereocenters. The third-order valence-electron chi connectivity index (χ3n) is 2.93. The molecule has 0 N–H and O–H groups in total. The number of aromatic nitrogens is 1. The number of carbonyl (C=O) groups is 1. The van der Waals surface area contributed by atoms with Gasteiger partial charge in [-0.25, -0.2) is 22.2 Å². The topological polar surface area (TPSA) is 73.3 Å². The smallest absolute Gasteiger partial charge is 0.331 e. The molecule has 0 saturated carbocycles. The number of thiazole rings is 1. The number of sulfone groups is 1. The van der Waals surface area contributed by atoms with E-state index in [0.29, 0.717) is 12.1 Å². The van der Waals surface area contributed by atoms with E-state index in [1.165, 1.54) is 10.9 Å². The maximum atomic E-state index is 14.1. The predicted octanol–water partition coefficient (Wildman–Crippen LogP) is 3.93. The van der Waals surface area contributed by atoms with Gasteiger partial charge in [0.25, 0.3) is 0 Å². The fraction of sp³-hybridized carbons (Fsp3) is 0.333. The number of hydrogen-bond donors (Lipinski definition) is 0. The van der Waals surface area contributed by atoms with Gasteiger partial charge in [0.2, 0.25) is 15.1 Å². The predicted molar refractivity (Wildman–Crippen MR) is 89.3 cm³/mol. The molecule has 5 nitrogen and oxygen atoms in total. The van der Waals surface area contributed by atoms with Gasteiger partial charge in [-0.3, -0.25) is 4.79 Å². The van der Waals surface area contributed by atoms with Crippen molar-refractivity contribution in [3.05, 3.63) is 45.4 Å². The van der Waals surface area contributed by atoms with Crippen LogP contribution in [0.4, 0.5) is 8.78 Å². The molecule has 25 heavy (non-hydrogen) atoms. The van der Waals surface area contributed by atoms with Crippen LogP contribution in [0, 0.1) is 11.6 Å². The minimum atomic E-state index is -4.62. The highest BCUT2D eigenvalue weighted by Crippen LogP contribution is 2.34. The van der Waals surface area contributed by atoms with Crippen molar-refractivity contribution >= 4 is 38.7 Å². The Morgan fingerprint density at radius 1 is 1.28 bits per heavy atom. The minimum Gasteiger partial charge on any atom is -0.459 e. The standard InChI is InChI=1S/C15H14ClF2NO4S2/c1-15(2,3)23-14(20)13(11-6-24-7-19-11)25(21,22)12-4-8(16)9(17)5-10(12)18/h4-7,13H,1-3H3. The zero-order valence-corrected chi connectivity index (χ0v) is 15.8. The number of ether oxygens (including phenoxy) is 1. The Kier molecular flexibility index (Phi) is 5.50. The molecule has 0 aliphatic rings. The fourth-order valence-electron chi connectivity index (χ4n) is 1.96. The van der Waals surface area contributed by atoms with Crippen LogP contribution in [0.3, 0.4) is 0 Å². The van der Waals surface area contributed by atoms with E-state index in [2.05, 4.69) is 4.98 Å². The van der Waals surface area contributed by atoms with Crippen LogP contribution < -0.4 is 0 Å². The van der Waals surface area contributed by atoms with Crippen molar-refractivity contribution in [2.45, 2.75) is 36.5 Å². The van der Waals surface area contributed by atoms with E-state index in [-0.39, 0.29) is 5.69 Å². The highest BCUT2D eigenvalue weighted by Gasteiger charge is 2.41. The average Bonchev–Trinajstić information content (AvgIpc) is 2.94. The van der Waals surface area contributed by atoms with Crippen LogP contribution in [0.15, 0.2) is 27.9 Å². The van der Waals surface area contributed by atoms with Crippen molar-refractivity contribution in [2.75, 3.05) is 0 Å². The Balaban J connectivity index is 2.61. The molecule has 1 heterocycles. The monoisotopic (exact) mass is 409 g/mol. The molecule has 1 aromatic carbocycles. The molecule has 0 radical (unpaired) electrons. The highest BCUT2D eigenvalue weighted by atomic mass is 35.5. The van der Waals surface area contributed by atoms with Crippen molar-refractivity contribution in [3.8, 4) is 0 Å². The van der Waals surface area contributed by atoms with Crippen LogP contribution in [0.5, 0.6) is 0 Å². The first-order valence-corrected chi connectivity index (χ1v) is 9.79. The van der Waals surface area contributed by atoms with Gasteiger partial charge in [0.15, 0.2) is 0 Å². The Morgan fingerprint density at radius 3 is 2.44 bits per heavy atom. The zero-order chi connectivity index (χ0) is 19.0. The molecule has 1 unspecified atom stereocenters. The van der Waals surface area contributed by atoms with E-state index < -0.39 is 48.2 Å². The fourth-order valence-corrected chi connectivity index (χ4v) is 4.47. The highest BCUT2D eigenvalue weighted by molar-refractivity contribution is 7.92. The van der Waals surface area contributed by atoms with E-state index in [1.54, 1.807) is 20.8 Å². The number of rotatable bonds is 4. The van der Waals surface area contributed by atoms with E-state index in [9.17, 15) is 22.0 Å². The Bertz CT molecular complexity index is 893. The van der Waals surface area contributed by atoms with Gasteiger partial charge >= 0.3 is 5.97 Å². The molecular weight excluding hydrogens is 396 g/mol. The molecule has 0 amide bonds. The van der Waals surface area contributed by atoms with E-state index >= 15 is 0 Å². The van der Waals surface area contributed by atoms with Crippen LogP contribution in [0.25, 0.3) is 0 Å². The number of nitrogens with zero attached hydrogens (tertiary/aromatic N) is 1. The lowest BCUT2D eigenvalue weighted by Gasteiger charge is -2.23. The minimum absolute atomic E-state index is 0.112. The van der Waals surface area contributed by atoms with Crippen LogP contribution in [0.1, 0.15) is 31.7 Å². The molecule has 0 fully saturated rings. The van der Waals surface area contributed by atoms with Gasteiger partial charge < -0.3 is 4.74 Å². The second kappa shape index (κ2) is 6.97. The quantitative estimate of drug-likeness (QED) is 0.434. The normalized spacial score (nSPS) is 13.5. The Hall–Kier alpha value is -1.58. The van der Waals surface area contributed by atoms with E-state index in [1.807, 2.05) is 0 Å². The van der Waals surface area contributed by atoms with E-state index in [0.717, 1.165) is 11.3 Å². The maximum Gasteiger partial charge on any atom is 0.331 e. The Labute approximate surface area is 152 Å². The summed E-state index contributed by atoms with van der Waals surface area (Å²) in [5.74, 6) is -3.58. The SMILES string of the molecule is CC(C)(C)OC(=O)C(c1cscn1)S(=O)(=O)c1cc(Cl)c(F)cc1F. The van der Waals surface area contributed by atoms with Gasteiger partial charge in [-0.2, -0.15) is 0 Å². The number of halogens is 3. The first-order valence-electron chi connectivity index (χ1n) is 6.93. The Morgan fingerprint density at radius 2 is 1.92 bits per heavy atom. The molecule has 0 aliphatic heterocycles. The molecule has 1 aromatic heterocycles. The number of carbonyl (C=O) groups excluding carboxylic acids is 1. The lowest BCUT2D eigenvalue weighted by Crippen LogP contribution is -2.32. The summed E-state index contributed by atoms with van der Waals surface area (Å²) in [6.45, 7) is 4.68. The van der Waals surface area contributed by atoms with Gasteiger partial charge in [0.05, 0.1) is 16.2 Å². The third-order valence-corrected chi connectivity index (χ3v) is 5.81. The van der Waals surface area contributed by atoms with E-state index in [4.69, 9.17) is 16.3 Å². The summed E-state index contributed by atoms with van der Waals surface area (Å²) in [5.41, 5.74) is 0.245. The van der Waals surface area contributed by atoms with Crippen LogP contribution in [0.2, 0.25) is 5.02 Å². The molecule has 2 rings (SSSR count). The first kappa shape index (κ1) is 19.7. The molecule has 10 heteroatoms. The first-order chi connectivity index (χ1) is 11.4. The van der Waals surface area contributed by atoms with Crippen LogP contribution in [-0.2, 0) is 19.4 Å². The van der Waals surface area contributed by atoms with Crippen molar-refractivity contribution < 1.29 is 26.7 Å². The van der Waals surface area contributed by atoms with Crippen molar-refractivity contribution in [3.63, 3.8) is 0 Å². The molecule has 0 spiro atoms. The van der Waals surface area contributed by atoms with Crippen molar-refractivity contribution in [2.24, 2.45) is 0 Å². The number of esters is 1. The molecule has 0 bridgehead atoms. The summed E-state index contributed by atoms with van der Waals surface area (Å²) >= 11 is 6.63. The summed E-state index contributed by atoms with van der Waals surface area (Å²) < 4.78 is 58.3. The summed E-state index contributed by atoms with van der Waals surface area (Å²) in [5, 5.41) is -1.13. The number of benzene rings is 1. The maximum absolute atomic E-state index is 14.1. The zero-order valence-electron chi connectivity index (χ0n) is 13.4. The molecule has 0 aliphatic carbocycles. The van der Waals surface area contributed by atoms with Gasteiger partial charge in [-0.05, 0) is 26.8 Å². The average molecular weight is 410 g/mol. The second-order valence-corrected chi connectivity index (χ2v) is 9.20. The summed E-state index contributed by atoms with van der Waals surface area (Å²) in [6.07, 6.45) is 0. The van der Waals surface area contributed by atoms with Gasteiger partial charge in [0, 0.05) is 11.4 Å². The van der Waals surface area contributed by atoms with Gasteiger partial charge in [-0.1, -0.05) is 11.6 Å².